The van der Waals surface area contributed by atoms with Gasteiger partial charge in [0.1, 0.15) is 5.25 Å². The molecule has 5 rings (SSSR count). The van der Waals surface area contributed by atoms with Crippen molar-refractivity contribution in [3.63, 3.8) is 0 Å². The summed E-state index contributed by atoms with van der Waals surface area (Å²) in [7, 11) is 0. The van der Waals surface area contributed by atoms with E-state index in [1.165, 1.54) is 11.8 Å². The number of nitrogens with zero attached hydrogens (tertiary/aromatic N) is 2. The Morgan fingerprint density at radius 2 is 1.57 bits per heavy atom. The first kappa shape index (κ1) is 18.4. The molecule has 5 nitrogen and oxygen atoms in total. The molecule has 2 heterocycles. The molecule has 0 saturated heterocycles. The van der Waals surface area contributed by atoms with E-state index in [-0.39, 0.29) is 5.78 Å². The molecule has 0 saturated carbocycles. The number of carbonyl (C=O) groups is 1. The van der Waals surface area contributed by atoms with E-state index in [4.69, 9.17) is 0 Å². The number of hydrogen-bond acceptors (Lipinski definition) is 4. The molecule has 0 amide bonds. The lowest BCUT2D eigenvalue weighted by Crippen LogP contribution is -2.10. The van der Waals surface area contributed by atoms with Gasteiger partial charge in [0.05, 0.1) is 0 Å². The summed E-state index contributed by atoms with van der Waals surface area (Å²) in [4.78, 5) is 21.4. The molecule has 0 radical (unpaired) electrons. The number of nitrogens with one attached hydrogen (secondary N) is 2. The first-order chi connectivity index (χ1) is 14.8. The second-order valence-electron chi connectivity index (χ2n) is 6.85. The summed E-state index contributed by atoms with van der Waals surface area (Å²) < 4.78 is 0. The Hall–Kier alpha value is -3.64. The van der Waals surface area contributed by atoms with E-state index in [2.05, 4.69) is 20.2 Å². The smallest absolute Gasteiger partial charge is 0.209 e. The van der Waals surface area contributed by atoms with Crippen molar-refractivity contribution in [1.82, 2.24) is 20.2 Å². The van der Waals surface area contributed by atoms with Crippen molar-refractivity contribution in [2.24, 2.45) is 0 Å². The molecule has 0 aliphatic heterocycles. The lowest BCUT2D eigenvalue weighted by molar-refractivity contribution is 0.0991. The lowest BCUT2D eigenvalue weighted by Gasteiger charge is -2.14. The van der Waals surface area contributed by atoms with Crippen LogP contribution in [0.1, 0.15) is 21.2 Å². The topological polar surface area (TPSA) is 74.4 Å². The Balaban J connectivity index is 1.50. The van der Waals surface area contributed by atoms with Crippen LogP contribution in [0.5, 0.6) is 0 Å². The minimum atomic E-state index is -0.454. The molecule has 6 heteroatoms. The second kappa shape index (κ2) is 8.00. The standard InChI is InChI=1S/C24H18N4OS/c29-21(19-15-25-20-14-8-7-13-18(19)20)22(16-9-3-1-4-10-16)30-24-26-23(27-28-24)17-11-5-2-6-12-17/h1-15,22,25H,(H,26,27,28). The molecule has 5 aromatic rings. The van der Waals surface area contributed by atoms with Gasteiger partial charge in [-0.05, 0) is 11.6 Å². The van der Waals surface area contributed by atoms with Crippen LogP contribution in [0.3, 0.4) is 0 Å². The van der Waals surface area contributed by atoms with Crippen LogP contribution in [0.4, 0.5) is 0 Å². The lowest BCUT2D eigenvalue weighted by atomic mass is 10.0. The van der Waals surface area contributed by atoms with Gasteiger partial charge < -0.3 is 4.98 Å². The van der Waals surface area contributed by atoms with Crippen molar-refractivity contribution < 1.29 is 4.79 Å². The van der Waals surface area contributed by atoms with Crippen LogP contribution in [0, 0.1) is 0 Å². The Labute approximate surface area is 177 Å². The van der Waals surface area contributed by atoms with Gasteiger partial charge in [-0.25, -0.2) is 4.98 Å². The summed E-state index contributed by atoms with van der Waals surface area (Å²) >= 11 is 1.36. The van der Waals surface area contributed by atoms with Gasteiger partial charge in [-0.1, -0.05) is 90.6 Å². The number of thioether (sulfide) groups is 1. The number of para-hydroxylation sites is 1. The molecule has 0 fully saturated rings. The van der Waals surface area contributed by atoms with Gasteiger partial charge in [0.2, 0.25) is 5.16 Å². The third-order valence-electron chi connectivity index (χ3n) is 4.93. The van der Waals surface area contributed by atoms with E-state index in [1.54, 1.807) is 6.20 Å². The molecular formula is C24H18N4OS. The number of rotatable bonds is 6. The van der Waals surface area contributed by atoms with Crippen molar-refractivity contribution in [2.45, 2.75) is 10.4 Å². The maximum Gasteiger partial charge on any atom is 0.209 e. The molecular weight excluding hydrogens is 392 g/mol. The molecule has 1 atom stereocenters. The molecule has 30 heavy (non-hydrogen) atoms. The fraction of sp³-hybridized carbons (Fsp3) is 0.0417. The van der Waals surface area contributed by atoms with Crippen molar-refractivity contribution in [3.05, 3.63) is 102 Å². The number of H-pyrrole nitrogens is 2. The van der Waals surface area contributed by atoms with Crippen LogP contribution < -0.4 is 0 Å². The molecule has 0 aliphatic carbocycles. The normalized spacial score (nSPS) is 12.1. The number of ketones is 1. The van der Waals surface area contributed by atoms with Crippen LogP contribution in [-0.4, -0.2) is 25.9 Å². The summed E-state index contributed by atoms with van der Waals surface area (Å²) in [5.41, 5.74) is 3.49. The van der Waals surface area contributed by atoms with E-state index in [0.29, 0.717) is 16.5 Å². The first-order valence-corrected chi connectivity index (χ1v) is 10.5. The van der Waals surface area contributed by atoms with Crippen molar-refractivity contribution >= 4 is 28.4 Å². The van der Waals surface area contributed by atoms with E-state index in [0.717, 1.165) is 22.0 Å². The molecule has 1 unspecified atom stereocenters. The van der Waals surface area contributed by atoms with Gasteiger partial charge in [0, 0.05) is 28.2 Å². The monoisotopic (exact) mass is 410 g/mol. The Bertz CT molecular complexity index is 1290. The number of carbonyl (C=O) groups excluding carboxylic acids is 1. The fourth-order valence-corrected chi connectivity index (χ4v) is 4.43. The summed E-state index contributed by atoms with van der Waals surface area (Å²) in [6.45, 7) is 0. The van der Waals surface area contributed by atoms with E-state index in [9.17, 15) is 4.79 Å². The Morgan fingerprint density at radius 1 is 0.867 bits per heavy atom. The fourth-order valence-electron chi connectivity index (χ4n) is 3.45. The molecule has 0 bridgehead atoms. The largest absolute Gasteiger partial charge is 0.360 e. The average molecular weight is 411 g/mol. The number of aromatic amines is 2. The van der Waals surface area contributed by atoms with E-state index < -0.39 is 5.25 Å². The third-order valence-corrected chi connectivity index (χ3v) is 6.05. The summed E-state index contributed by atoms with van der Waals surface area (Å²) in [6.07, 6.45) is 1.79. The molecule has 0 aliphatic rings. The van der Waals surface area contributed by atoms with Crippen LogP contribution >= 0.6 is 11.8 Å². The minimum absolute atomic E-state index is 0.0229. The second-order valence-corrected chi connectivity index (χ2v) is 7.93. The summed E-state index contributed by atoms with van der Waals surface area (Å²) in [5.74, 6) is 0.708. The summed E-state index contributed by atoms with van der Waals surface area (Å²) in [5, 5.41) is 8.34. The highest BCUT2D eigenvalue weighted by Crippen LogP contribution is 2.38. The van der Waals surface area contributed by atoms with Gasteiger partial charge in [0.25, 0.3) is 0 Å². The van der Waals surface area contributed by atoms with Crippen molar-refractivity contribution in [1.29, 1.82) is 0 Å². The van der Waals surface area contributed by atoms with E-state index >= 15 is 0 Å². The summed E-state index contributed by atoms with van der Waals surface area (Å²) in [6, 6.07) is 27.4. The zero-order valence-corrected chi connectivity index (χ0v) is 16.8. The number of Topliss-reactive ketones (excluding diaryl/α,β-unsaturated/α-hetero) is 1. The predicted octanol–water partition coefficient (Wildman–Crippen LogP) is 5.67. The number of fused-ring (bicyclic) bond motifs is 1. The first-order valence-electron chi connectivity index (χ1n) is 9.59. The Morgan fingerprint density at radius 3 is 2.37 bits per heavy atom. The SMILES string of the molecule is O=C(c1c[nH]c2ccccc12)C(Sc1n[nH]c(-c2ccccc2)n1)c1ccccc1. The highest BCUT2D eigenvalue weighted by atomic mass is 32.2. The Kier molecular flexibility index (Phi) is 4.91. The number of benzene rings is 3. The predicted molar refractivity (Wildman–Crippen MR) is 119 cm³/mol. The highest BCUT2D eigenvalue weighted by molar-refractivity contribution is 8.00. The van der Waals surface area contributed by atoms with Crippen molar-refractivity contribution in [3.8, 4) is 11.4 Å². The van der Waals surface area contributed by atoms with Gasteiger partial charge >= 0.3 is 0 Å². The molecule has 3 aromatic carbocycles. The van der Waals surface area contributed by atoms with Crippen LogP contribution in [-0.2, 0) is 0 Å². The number of hydrogen-bond donors (Lipinski definition) is 2. The highest BCUT2D eigenvalue weighted by Gasteiger charge is 2.27. The van der Waals surface area contributed by atoms with Gasteiger partial charge in [-0.2, -0.15) is 0 Å². The number of aromatic nitrogens is 4. The van der Waals surface area contributed by atoms with E-state index in [1.807, 2.05) is 84.9 Å². The van der Waals surface area contributed by atoms with Crippen LogP contribution in [0.15, 0.2) is 96.3 Å². The van der Waals surface area contributed by atoms with Gasteiger partial charge in [-0.15, -0.1) is 5.10 Å². The maximum atomic E-state index is 13.6. The average Bonchev–Trinajstić information content (AvgIpc) is 3.45. The molecule has 2 aromatic heterocycles. The zero-order chi connectivity index (χ0) is 20.3. The molecule has 2 N–H and O–H groups in total. The maximum absolute atomic E-state index is 13.6. The van der Waals surface area contributed by atoms with Gasteiger partial charge in [-0.3, -0.25) is 9.89 Å². The van der Waals surface area contributed by atoms with Crippen LogP contribution in [0.2, 0.25) is 0 Å². The van der Waals surface area contributed by atoms with Crippen LogP contribution in [0.25, 0.3) is 22.3 Å². The van der Waals surface area contributed by atoms with Crippen molar-refractivity contribution in [2.75, 3.05) is 0 Å². The van der Waals surface area contributed by atoms with Gasteiger partial charge in [0.15, 0.2) is 11.6 Å². The molecule has 146 valence electrons. The third kappa shape index (κ3) is 3.53. The minimum Gasteiger partial charge on any atom is -0.360 e. The molecule has 0 spiro atoms. The quantitative estimate of drug-likeness (QED) is 0.279. The zero-order valence-electron chi connectivity index (χ0n) is 15.9.